The number of nitrogens with zero attached hydrogens (tertiary/aromatic N) is 3. The topological polar surface area (TPSA) is 65.6 Å². The molecule has 3 aromatic carbocycles. The number of carbonyl (C=O) groups excluding carboxylic acids is 1. The van der Waals surface area contributed by atoms with Crippen LogP contribution in [-0.4, -0.2) is 21.7 Å². The van der Waals surface area contributed by atoms with Crippen molar-refractivity contribution in [2.45, 2.75) is 26.8 Å². The average Bonchev–Trinajstić information content (AvgIpc) is 3.47. The molecule has 0 unspecified atom stereocenters. The van der Waals surface area contributed by atoms with Gasteiger partial charge in [0.05, 0.1) is 28.5 Å². The number of hydrogen-bond donors (Lipinski definition) is 0. The molecule has 6 rings (SSSR count). The number of ether oxygens (including phenoxy) is 1. The molecular weight excluding hydrogens is 549 g/mol. The van der Waals surface area contributed by atoms with Gasteiger partial charge in [0.1, 0.15) is 5.82 Å². The van der Waals surface area contributed by atoms with Gasteiger partial charge in [-0.1, -0.05) is 72.0 Å². The molecule has 0 amide bonds. The lowest BCUT2D eigenvalue weighted by Gasteiger charge is -2.25. The molecule has 0 N–H and O–H groups in total. The summed E-state index contributed by atoms with van der Waals surface area (Å²) in [5, 5.41) is 0. The van der Waals surface area contributed by atoms with E-state index in [9.17, 15) is 14.0 Å². The summed E-state index contributed by atoms with van der Waals surface area (Å²) in [6.45, 7) is 5.94. The number of para-hydroxylation sites is 1. The quantitative estimate of drug-likeness (QED) is 0.251. The van der Waals surface area contributed by atoms with Crippen LogP contribution >= 0.6 is 11.3 Å². The van der Waals surface area contributed by atoms with Crippen molar-refractivity contribution in [1.29, 1.82) is 0 Å². The Labute approximate surface area is 246 Å². The Bertz CT molecular complexity index is 2000. The standard InChI is InChI=1S/C34H28FN3O3S/c1-4-41-33(40)29-30(23-11-7-5-8-12-23)36-34-38(31(29)24-15-17-26(35)18-16-24)32(39)28(42-34)20-25-19-21(2)37(22(25)3)27-13-9-6-10-14-27/h5-20,31H,4H2,1-3H3/b28-20-/t31-/m1/s1. The smallest absolute Gasteiger partial charge is 0.338 e. The lowest BCUT2D eigenvalue weighted by atomic mass is 9.93. The minimum absolute atomic E-state index is 0.155. The van der Waals surface area contributed by atoms with Crippen molar-refractivity contribution < 1.29 is 13.9 Å². The number of fused-ring (bicyclic) bond motifs is 1. The van der Waals surface area contributed by atoms with Gasteiger partial charge in [0.25, 0.3) is 5.56 Å². The number of aromatic nitrogens is 2. The Balaban J connectivity index is 1.61. The van der Waals surface area contributed by atoms with E-state index in [1.807, 2.05) is 80.6 Å². The van der Waals surface area contributed by atoms with Crippen molar-refractivity contribution in [3.05, 3.63) is 150 Å². The zero-order chi connectivity index (χ0) is 29.4. The molecule has 0 aliphatic carbocycles. The second-order valence-electron chi connectivity index (χ2n) is 9.98. The summed E-state index contributed by atoms with van der Waals surface area (Å²) in [4.78, 5) is 33.0. The van der Waals surface area contributed by atoms with Crippen LogP contribution in [0.3, 0.4) is 0 Å². The first-order chi connectivity index (χ1) is 20.4. The van der Waals surface area contributed by atoms with Crippen LogP contribution in [0.5, 0.6) is 0 Å². The van der Waals surface area contributed by atoms with Gasteiger partial charge in [-0.15, -0.1) is 0 Å². The average molecular weight is 578 g/mol. The molecule has 1 aliphatic rings. The number of thiazole rings is 1. The van der Waals surface area contributed by atoms with Gasteiger partial charge >= 0.3 is 5.97 Å². The molecule has 1 aliphatic heterocycles. The Morgan fingerprint density at radius 3 is 2.33 bits per heavy atom. The predicted molar refractivity (Wildman–Crippen MR) is 163 cm³/mol. The maximum Gasteiger partial charge on any atom is 0.338 e. The van der Waals surface area contributed by atoms with Crippen LogP contribution in [0.25, 0.3) is 17.5 Å². The molecule has 6 nitrogen and oxygen atoms in total. The fourth-order valence-electron chi connectivity index (χ4n) is 5.45. The molecule has 0 bridgehead atoms. The van der Waals surface area contributed by atoms with Crippen molar-refractivity contribution in [3.63, 3.8) is 0 Å². The van der Waals surface area contributed by atoms with Gasteiger partial charge in [0, 0.05) is 22.6 Å². The van der Waals surface area contributed by atoms with E-state index in [-0.39, 0.29) is 17.7 Å². The molecular formula is C34H28FN3O3S. The maximum atomic E-state index is 14.1. The van der Waals surface area contributed by atoms with E-state index in [0.717, 1.165) is 28.2 Å². The number of hydrogen-bond acceptors (Lipinski definition) is 5. The monoisotopic (exact) mass is 577 g/mol. The first kappa shape index (κ1) is 27.4. The predicted octanol–water partition coefficient (Wildman–Crippen LogP) is 5.48. The van der Waals surface area contributed by atoms with Crippen LogP contribution in [0.2, 0.25) is 0 Å². The van der Waals surface area contributed by atoms with Gasteiger partial charge in [0.15, 0.2) is 4.80 Å². The van der Waals surface area contributed by atoms with Crippen LogP contribution in [0.4, 0.5) is 4.39 Å². The molecule has 0 saturated heterocycles. The number of halogens is 1. The van der Waals surface area contributed by atoms with E-state index in [4.69, 9.17) is 9.73 Å². The highest BCUT2D eigenvalue weighted by atomic mass is 32.1. The van der Waals surface area contributed by atoms with Gasteiger partial charge in [0.2, 0.25) is 0 Å². The van der Waals surface area contributed by atoms with Gasteiger partial charge in [-0.2, -0.15) is 0 Å². The van der Waals surface area contributed by atoms with Crippen molar-refractivity contribution in [3.8, 4) is 5.69 Å². The molecule has 5 aromatic rings. The molecule has 210 valence electrons. The summed E-state index contributed by atoms with van der Waals surface area (Å²) < 4.78 is 23.6. The minimum atomic E-state index is -0.852. The van der Waals surface area contributed by atoms with Crippen molar-refractivity contribution in [2.24, 2.45) is 4.99 Å². The third kappa shape index (κ3) is 4.84. The van der Waals surface area contributed by atoms with Crippen LogP contribution in [-0.2, 0) is 9.53 Å². The first-order valence-corrected chi connectivity index (χ1v) is 14.5. The van der Waals surface area contributed by atoms with Gasteiger partial charge in [-0.05, 0) is 68.3 Å². The van der Waals surface area contributed by atoms with E-state index < -0.39 is 17.8 Å². The molecule has 42 heavy (non-hydrogen) atoms. The highest BCUT2D eigenvalue weighted by molar-refractivity contribution is 7.07. The molecule has 0 radical (unpaired) electrons. The number of rotatable bonds is 6. The largest absolute Gasteiger partial charge is 0.463 e. The van der Waals surface area contributed by atoms with Crippen molar-refractivity contribution in [2.75, 3.05) is 6.61 Å². The highest BCUT2D eigenvalue weighted by Gasteiger charge is 2.35. The summed E-state index contributed by atoms with van der Waals surface area (Å²) in [5.74, 6) is -0.986. The third-order valence-electron chi connectivity index (χ3n) is 7.33. The van der Waals surface area contributed by atoms with Crippen LogP contribution < -0.4 is 14.9 Å². The van der Waals surface area contributed by atoms with Crippen LogP contribution in [0.15, 0.2) is 106 Å². The number of aryl methyl sites for hydroxylation is 1. The summed E-state index contributed by atoms with van der Waals surface area (Å²) >= 11 is 1.26. The molecule has 3 heterocycles. The van der Waals surface area contributed by atoms with E-state index in [1.165, 1.54) is 28.0 Å². The second-order valence-corrected chi connectivity index (χ2v) is 11.0. The van der Waals surface area contributed by atoms with Gasteiger partial charge < -0.3 is 9.30 Å². The number of benzene rings is 3. The zero-order valence-corrected chi connectivity index (χ0v) is 24.2. The molecule has 2 aromatic heterocycles. The SMILES string of the molecule is CCOC(=O)C1=C(c2ccccc2)N=c2s/c(=C\c3cc(C)n(-c4ccccc4)c3C)c(=O)n2[C@@H]1c1ccc(F)cc1. The van der Waals surface area contributed by atoms with Crippen LogP contribution in [0.1, 0.15) is 41.0 Å². The normalized spacial score (nSPS) is 15.0. The Morgan fingerprint density at radius 1 is 1.00 bits per heavy atom. The van der Waals surface area contributed by atoms with E-state index in [1.54, 1.807) is 19.1 Å². The molecule has 0 fully saturated rings. The van der Waals surface area contributed by atoms with Crippen LogP contribution in [0, 0.1) is 19.7 Å². The van der Waals surface area contributed by atoms with Gasteiger partial charge in [-0.25, -0.2) is 14.2 Å². The number of esters is 1. The fourth-order valence-corrected chi connectivity index (χ4v) is 6.44. The molecule has 0 spiro atoms. The molecule has 8 heteroatoms. The van der Waals surface area contributed by atoms with E-state index >= 15 is 0 Å². The maximum absolute atomic E-state index is 14.1. The summed E-state index contributed by atoms with van der Waals surface area (Å²) in [5.41, 5.74) is 5.66. The third-order valence-corrected chi connectivity index (χ3v) is 8.31. The zero-order valence-electron chi connectivity index (χ0n) is 23.4. The molecule has 1 atom stereocenters. The lowest BCUT2D eigenvalue weighted by Crippen LogP contribution is -2.40. The first-order valence-electron chi connectivity index (χ1n) is 13.7. The Hall–Kier alpha value is -4.82. The fraction of sp³-hybridized carbons (Fsp3) is 0.147. The van der Waals surface area contributed by atoms with E-state index in [0.29, 0.717) is 20.6 Å². The Morgan fingerprint density at radius 2 is 1.67 bits per heavy atom. The molecule has 0 saturated carbocycles. The number of carbonyl (C=O) groups is 1. The Kier molecular flexibility index (Phi) is 7.31. The summed E-state index contributed by atoms with van der Waals surface area (Å²) in [6, 6.07) is 26.5. The minimum Gasteiger partial charge on any atom is -0.463 e. The van der Waals surface area contributed by atoms with E-state index in [2.05, 4.69) is 10.6 Å². The highest BCUT2D eigenvalue weighted by Crippen LogP contribution is 2.35. The van der Waals surface area contributed by atoms with Crippen molar-refractivity contribution in [1.82, 2.24) is 9.13 Å². The van der Waals surface area contributed by atoms with Gasteiger partial charge in [-0.3, -0.25) is 9.36 Å². The summed E-state index contributed by atoms with van der Waals surface area (Å²) in [7, 11) is 0. The lowest BCUT2D eigenvalue weighted by molar-refractivity contribution is -0.138. The van der Waals surface area contributed by atoms with Crippen molar-refractivity contribution >= 4 is 29.1 Å². The summed E-state index contributed by atoms with van der Waals surface area (Å²) in [6.07, 6.45) is 1.88. The second kappa shape index (κ2) is 11.2.